The van der Waals surface area contributed by atoms with E-state index in [0.29, 0.717) is 29.4 Å². The van der Waals surface area contributed by atoms with E-state index in [4.69, 9.17) is 14.9 Å². The number of nitrogens with zero attached hydrogens (tertiary/aromatic N) is 1. The Balaban J connectivity index is 1.08. The van der Waals surface area contributed by atoms with E-state index in [1.165, 1.54) is 6.07 Å². The fourth-order valence-electron chi connectivity index (χ4n) is 9.36. The first kappa shape index (κ1) is 55.2. The highest BCUT2D eigenvalue weighted by molar-refractivity contribution is 5.97. The highest BCUT2D eigenvalue weighted by atomic mass is 16.5. The van der Waals surface area contributed by atoms with E-state index in [9.17, 15) is 53.4 Å². The number of carbonyl (C=O) groups is 8. The molecule has 0 fully saturated rings. The summed E-state index contributed by atoms with van der Waals surface area (Å²) in [6, 6.07) is 28.2. The van der Waals surface area contributed by atoms with Crippen molar-refractivity contribution in [2.45, 2.75) is 96.1 Å². The normalized spacial score (nSPS) is 13.3. The summed E-state index contributed by atoms with van der Waals surface area (Å²) in [6.07, 6.45) is -2.94. The third kappa shape index (κ3) is 15.0. The van der Waals surface area contributed by atoms with Crippen LogP contribution in [0.3, 0.4) is 0 Å². The first-order chi connectivity index (χ1) is 35.6. The molecule has 0 aliphatic heterocycles. The van der Waals surface area contributed by atoms with Gasteiger partial charge >= 0.3 is 23.7 Å². The Morgan fingerprint density at radius 1 is 0.703 bits per heavy atom. The number of carbonyl (C=O) groups excluding carboxylic acids is 6. The zero-order valence-corrected chi connectivity index (χ0v) is 41.5. The minimum Gasteiger partial charge on any atom is -0.481 e. The van der Waals surface area contributed by atoms with Gasteiger partial charge in [0, 0.05) is 80.2 Å². The summed E-state index contributed by atoms with van der Waals surface area (Å²) in [7, 11) is 0. The highest BCUT2D eigenvalue weighted by Gasteiger charge is 2.34. The van der Waals surface area contributed by atoms with Crippen LogP contribution < -0.4 is 32.2 Å². The molecule has 6 rings (SSSR count). The zero-order chi connectivity index (χ0) is 53.3. The SMILES string of the molecule is CCN(CC)c1ccc2cc(C(=O)NCCCC[C@H](CC(=O)[C@H](CCC(=O)O)NC(=O)[C@@H](CC(=O)[C@H](CCC(=O)O)NC(=O)OCC3c4ccccc4-c4ccccc43)Cc3ccccc3)C(N)=O)c(=O)oc2c1. The monoisotopic (exact) mass is 1010 g/mol. The lowest BCUT2D eigenvalue weighted by molar-refractivity contribution is -0.138. The van der Waals surface area contributed by atoms with Crippen molar-refractivity contribution in [3.05, 3.63) is 136 Å². The first-order valence-electron chi connectivity index (χ1n) is 24.9. The molecule has 18 heteroatoms. The summed E-state index contributed by atoms with van der Waals surface area (Å²) in [5, 5.41) is 27.5. The number of ketones is 2. The highest BCUT2D eigenvalue weighted by Crippen LogP contribution is 2.44. The molecule has 18 nitrogen and oxygen atoms in total. The maximum Gasteiger partial charge on any atom is 0.407 e. The lowest BCUT2D eigenvalue weighted by Gasteiger charge is -2.25. The fourth-order valence-corrected chi connectivity index (χ4v) is 9.36. The van der Waals surface area contributed by atoms with Crippen LogP contribution in [0.4, 0.5) is 10.5 Å². The maximum absolute atomic E-state index is 14.2. The number of carboxylic acids is 2. The second-order valence-corrected chi connectivity index (χ2v) is 18.4. The van der Waals surface area contributed by atoms with Gasteiger partial charge in [-0.2, -0.15) is 0 Å². The van der Waals surface area contributed by atoms with Crippen molar-refractivity contribution in [2.75, 3.05) is 31.1 Å². The number of nitrogens with two attached hydrogens (primary N) is 1. The molecule has 0 unspecified atom stereocenters. The van der Waals surface area contributed by atoms with E-state index >= 15 is 0 Å². The fraction of sp³-hybridized carbons (Fsp3) is 0.375. The topological polar surface area (TPSA) is 282 Å². The molecule has 1 aliphatic carbocycles. The minimum atomic E-state index is -1.41. The van der Waals surface area contributed by atoms with Gasteiger partial charge in [0.2, 0.25) is 11.8 Å². The summed E-state index contributed by atoms with van der Waals surface area (Å²) in [4.78, 5) is 120. The number of Topliss-reactive ketones (excluding diaryl/α,β-unsaturated/α-hetero) is 2. The molecule has 74 heavy (non-hydrogen) atoms. The van der Waals surface area contributed by atoms with Crippen molar-refractivity contribution < 1.29 is 57.7 Å². The van der Waals surface area contributed by atoms with Gasteiger partial charge in [0.05, 0.1) is 12.1 Å². The number of hydrogen-bond acceptors (Lipinski definition) is 12. The molecule has 7 N–H and O–H groups in total. The molecular weight excluding hydrogens is 951 g/mol. The summed E-state index contributed by atoms with van der Waals surface area (Å²) in [5.41, 5.74) is 10.5. The summed E-state index contributed by atoms with van der Waals surface area (Å²) >= 11 is 0. The van der Waals surface area contributed by atoms with Crippen LogP contribution in [-0.4, -0.2) is 95.9 Å². The summed E-state index contributed by atoms with van der Waals surface area (Å²) < 4.78 is 11.1. The van der Waals surface area contributed by atoms with Gasteiger partial charge in [-0.1, -0.05) is 85.3 Å². The van der Waals surface area contributed by atoms with Crippen molar-refractivity contribution in [3.63, 3.8) is 0 Å². The molecule has 1 heterocycles. The molecule has 0 spiro atoms. The van der Waals surface area contributed by atoms with Crippen LogP contribution in [0.15, 0.2) is 112 Å². The van der Waals surface area contributed by atoms with Gasteiger partial charge in [-0.05, 0) is 92.0 Å². The number of primary amides is 1. The third-order valence-electron chi connectivity index (χ3n) is 13.4. The van der Waals surface area contributed by atoms with Gasteiger partial charge < -0.3 is 46.0 Å². The second kappa shape index (κ2) is 26.5. The number of benzene rings is 4. The number of anilines is 1. The molecule has 0 radical (unpaired) electrons. The van der Waals surface area contributed by atoms with Crippen LogP contribution in [0.25, 0.3) is 22.1 Å². The summed E-state index contributed by atoms with van der Waals surface area (Å²) in [6.45, 7) is 5.56. The number of alkyl carbamates (subject to hydrolysis) is 1. The lowest BCUT2D eigenvalue weighted by atomic mass is 9.88. The number of aliphatic carboxylic acids is 2. The van der Waals surface area contributed by atoms with Crippen LogP contribution >= 0.6 is 0 Å². The Morgan fingerprint density at radius 3 is 1.88 bits per heavy atom. The number of unbranched alkanes of at least 4 members (excludes halogenated alkanes) is 1. The van der Waals surface area contributed by atoms with Crippen LogP contribution in [-0.2, 0) is 39.9 Å². The van der Waals surface area contributed by atoms with Crippen LogP contribution in [0.2, 0.25) is 0 Å². The largest absolute Gasteiger partial charge is 0.481 e. The molecule has 0 bridgehead atoms. The molecule has 1 aromatic heterocycles. The second-order valence-electron chi connectivity index (χ2n) is 18.4. The predicted molar refractivity (Wildman–Crippen MR) is 275 cm³/mol. The number of hydrogen-bond donors (Lipinski definition) is 6. The van der Waals surface area contributed by atoms with Gasteiger partial charge in [0.25, 0.3) is 5.91 Å². The molecule has 4 aromatic carbocycles. The molecular formula is C56H63N5O13. The van der Waals surface area contributed by atoms with Crippen LogP contribution in [0.1, 0.15) is 105 Å². The number of amides is 4. The Hall–Kier alpha value is -8.15. The van der Waals surface area contributed by atoms with Gasteiger partial charge in [0.15, 0.2) is 11.6 Å². The van der Waals surface area contributed by atoms with E-state index in [1.807, 2.05) is 68.4 Å². The molecule has 0 saturated carbocycles. The zero-order valence-electron chi connectivity index (χ0n) is 41.5. The number of ether oxygens (including phenoxy) is 1. The third-order valence-corrected chi connectivity index (χ3v) is 13.4. The van der Waals surface area contributed by atoms with Crippen LogP contribution in [0, 0.1) is 11.8 Å². The van der Waals surface area contributed by atoms with Crippen molar-refractivity contribution in [3.8, 4) is 11.1 Å². The average Bonchev–Trinajstić information content (AvgIpc) is 3.70. The Morgan fingerprint density at radius 2 is 1.28 bits per heavy atom. The standard InChI is InChI=1S/C56H63N5O13/c1-3-61(4-2)38-22-21-35-29-43(55(71)74-49(35)32-38)54(70)58-27-13-12-16-36(52(57)68)30-47(62)45(23-25-50(64)65)59-53(69)37(28-34-14-6-5-7-15-34)31-48(63)46(24-26-51(66)67)60-56(72)73-33-44-41-19-10-8-17-39(41)40-18-9-11-20-42(40)44/h5-11,14-15,17-22,29,32,36-37,44-46H,3-4,12-13,16,23-28,30-31,33H2,1-2H3,(H2,57,68)(H,58,70)(H,59,69)(H,60,72)(H,64,65)(H,66,67)/t36-,37-,45+,46+/m1/s1. The van der Waals surface area contributed by atoms with Crippen molar-refractivity contribution >= 4 is 64.0 Å². The number of rotatable bonds is 29. The molecule has 5 aromatic rings. The maximum atomic E-state index is 14.2. The Bertz CT molecular complexity index is 2850. The van der Waals surface area contributed by atoms with E-state index in [-0.39, 0.29) is 50.3 Å². The molecule has 0 saturated heterocycles. The van der Waals surface area contributed by atoms with Gasteiger partial charge in [0.1, 0.15) is 17.8 Å². The Labute approximate surface area is 428 Å². The van der Waals surface area contributed by atoms with E-state index in [1.54, 1.807) is 42.5 Å². The van der Waals surface area contributed by atoms with Gasteiger partial charge in [-0.15, -0.1) is 0 Å². The predicted octanol–water partition coefficient (Wildman–Crippen LogP) is 6.54. The number of carboxylic acid groups (broad SMARTS) is 2. The smallest absolute Gasteiger partial charge is 0.407 e. The van der Waals surface area contributed by atoms with E-state index in [0.717, 1.165) is 41.0 Å². The summed E-state index contributed by atoms with van der Waals surface area (Å²) in [5.74, 6) is -8.61. The number of nitrogens with one attached hydrogen (secondary N) is 3. The van der Waals surface area contributed by atoms with Gasteiger partial charge in [-0.3, -0.25) is 33.6 Å². The molecule has 390 valence electrons. The van der Waals surface area contributed by atoms with Crippen LogP contribution in [0.5, 0.6) is 0 Å². The minimum absolute atomic E-state index is 0.0289. The van der Waals surface area contributed by atoms with E-state index < -0.39 is 103 Å². The molecule has 4 amide bonds. The van der Waals surface area contributed by atoms with Crippen molar-refractivity contribution in [1.82, 2.24) is 16.0 Å². The van der Waals surface area contributed by atoms with Crippen molar-refractivity contribution in [2.24, 2.45) is 17.6 Å². The van der Waals surface area contributed by atoms with Gasteiger partial charge in [-0.25, -0.2) is 9.59 Å². The lowest BCUT2D eigenvalue weighted by Crippen LogP contribution is -2.47. The molecule has 1 aliphatic rings. The average molecular weight is 1010 g/mol. The number of fused-ring (bicyclic) bond motifs is 4. The first-order valence-corrected chi connectivity index (χ1v) is 24.9. The quantitative estimate of drug-likeness (QED) is 0.0219. The molecule has 4 atom stereocenters. The van der Waals surface area contributed by atoms with Crippen molar-refractivity contribution in [1.29, 1.82) is 0 Å². The Kier molecular flexibility index (Phi) is 19.8. The van der Waals surface area contributed by atoms with E-state index in [2.05, 4.69) is 20.9 Å².